The first-order chi connectivity index (χ1) is 6.52. The van der Waals surface area contributed by atoms with Gasteiger partial charge >= 0.3 is 0 Å². The molecule has 0 spiro atoms. The molecular formula is C11H18N2O. The van der Waals surface area contributed by atoms with Crippen molar-refractivity contribution in [3.8, 4) is 11.8 Å². The van der Waals surface area contributed by atoms with Crippen LogP contribution in [0.3, 0.4) is 0 Å². The number of aliphatic hydroxyl groups is 1. The Morgan fingerprint density at radius 1 is 1.14 bits per heavy atom. The van der Waals surface area contributed by atoms with Crippen LogP contribution in [0.25, 0.3) is 0 Å². The summed E-state index contributed by atoms with van der Waals surface area (Å²) in [5.41, 5.74) is 4.81. The van der Waals surface area contributed by atoms with Crippen molar-refractivity contribution in [2.24, 2.45) is 5.73 Å². The standard InChI is InChI=1S/C11H18N2O/c1-13-8-6-11(14,7-9-13)5-4-10(12)2-3-10/h14H,2-3,6-9,12H2,1H3. The molecule has 0 unspecified atom stereocenters. The van der Waals surface area contributed by atoms with Crippen molar-refractivity contribution in [2.45, 2.75) is 36.8 Å². The van der Waals surface area contributed by atoms with E-state index in [9.17, 15) is 5.11 Å². The molecule has 1 saturated carbocycles. The van der Waals surface area contributed by atoms with Crippen LogP contribution in [0.2, 0.25) is 0 Å². The lowest BCUT2D eigenvalue weighted by Gasteiger charge is -2.32. The zero-order valence-electron chi connectivity index (χ0n) is 8.71. The van der Waals surface area contributed by atoms with Gasteiger partial charge in [-0.1, -0.05) is 11.8 Å². The van der Waals surface area contributed by atoms with E-state index in [1.807, 2.05) is 0 Å². The molecule has 0 amide bonds. The highest BCUT2D eigenvalue weighted by Crippen LogP contribution is 2.31. The summed E-state index contributed by atoms with van der Waals surface area (Å²) in [5.74, 6) is 5.99. The van der Waals surface area contributed by atoms with Crippen LogP contribution in [-0.2, 0) is 0 Å². The van der Waals surface area contributed by atoms with Gasteiger partial charge in [-0.05, 0) is 19.9 Å². The summed E-state index contributed by atoms with van der Waals surface area (Å²) in [6, 6.07) is 0. The molecule has 1 heterocycles. The number of nitrogens with zero attached hydrogens (tertiary/aromatic N) is 1. The Labute approximate surface area is 85.3 Å². The van der Waals surface area contributed by atoms with Gasteiger partial charge in [-0.25, -0.2) is 0 Å². The van der Waals surface area contributed by atoms with Crippen molar-refractivity contribution in [3.63, 3.8) is 0 Å². The van der Waals surface area contributed by atoms with Crippen molar-refractivity contribution in [2.75, 3.05) is 20.1 Å². The predicted molar refractivity (Wildman–Crippen MR) is 55.6 cm³/mol. The van der Waals surface area contributed by atoms with Gasteiger partial charge < -0.3 is 15.7 Å². The molecule has 3 nitrogen and oxygen atoms in total. The maximum Gasteiger partial charge on any atom is 0.128 e. The Morgan fingerprint density at radius 3 is 2.21 bits per heavy atom. The van der Waals surface area contributed by atoms with Gasteiger partial charge in [-0.3, -0.25) is 0 Å². The van der Waals surface area contributed by atoms with Crippen LogP contribution in [0.4, 0.5) is 0 Å². The number of rotatable bonds is 0. The van der Waals surface area contributed by atoms with Crippen molar-refractivity contribution >= 4 is 0 Å². The molecule has 1 aliphatic heterocycles. The molecular weight excluding hydrogens is 176 g/mol. The van der Waals surface area contributed by atoms with E-state index in [1.54, 1.807) is 0 Å². The lowest BCUT2D eigenvalue weighted by molar-refractivity contribution is 0.0348. The molecule has 1 aliphatic carbocycles. The highest BCUT2D eigenvalue weighted by Gasteiger charge is 2.37. The van der Waals surface area contributed by atoms with Gasteiger partial charge in [0.05, 0.1) is 5.54 Å². The second kappa shape index (κ2) is 3.23. The zero-order chi connectivity index (χ0) is 10.2. The molecule has 3 N–H and O–H groups in total. The van der Waals surface area contributed by atoms with Crippen LogP contribution in [-0.4, -0.2) is 41.3 Å². The van der Waals surface area contributed by atoms with Crippen LogP contribution in [0.5, 0.6) is 0 Å². The van der Waals surface area contributed by atoms with Crippen molar-refractivity contribution in [1.29, 1.82) is 0 Å². The molecule has 0 radical (unpaired) electrons. The monoisotopic (exact) mass is 194 g/mol. The topological polar surface area (TPSA) is 49.5 Å². The van der Waals surface area contributed by atoms with Gasteiger partial charge in [-0.15, -0.1) is 0 Å². The summed E-state index contributed by atoms with van der Waals surface area (Å²) < 4.78 is 0. The zero-order valence-corrected chi connectivity index (χ0v) is 8.71. The summed E-state index contributed by atoms with van der Waals surface area (Å²) in [4.78, 5) is 2.21. The number of hydrogen-bond donors (Lipinski definition) is 2. The van der Waals surface area contributed by atoms with E-state index in [0.29, 0.717) is 0 Å². The number of likely N-dealkylation sites (tertiary alicyclic amines) is 1. The highest BCUT2D eigenvalue weighted by molar-refractivity contribution is 5.29. The van der Waals surface area contributed by atoms with Crippen molar-refractivity contribution in [1.82, 2.24) is 4.90 Å². The second-order valence-electron chi connectivity index (χ2n) is 4.74. The van der Waals surface area contributed by atoms with Crippen LogP contribution in [0.1, 0.15) is 25.7 Å². The highest BCUT2D eigenvalue weighted by atomic mass is 16.3. The van der Waals surface area contributed by atoms with Gasteiger partial charge in [0.25, 0.3) is 0 Å². The van der Waals surface area contributed by atoms with Gasteiger partial charge in [-0.2, -0.15) is 0 Å². The lowest BCUT2D eigenvalue weighted by atomic mass is 9.92. The molecule has 3 heteroatoms. The third-order valence-corrected chi connectivity index (χ3v) is 3.15. The quantitative estimate of drug-likeness (QED) is 0.531. The Kier molecular flexibility index (Phi) is 2.30. The normalized spacial score (nSPS) is 29.1. The largest absolute Gasteiger partial charge is 0.378 e. The minimum absolute atomic E-state index is 0.265. The molecule has 1 saturated heterocycles. The van der Waals surface area contributed by atoms with E-state index in [4.69, 9.17) is 5.73 Å². The van der Waals surface area contributed by atoms with Crippen LogP contribution in [0, 0.1) is 11.8 Å². The average molecular weight is 194 g/mol. The third-order valence-electron chi connectivity index (χ3n) is 3.15. The summed E-state index contributed by atoms with van der Waals surface area (Å²) in [6.07, 6.45) is 3.45. The molecule has 2 rings (SSSR count). The summed E-state index contributed by atoms with van der Waals surface area (Å²) >= 11 is 0. The smallest absolute Gasteiger partial charge is 0.128 e. The fourth-order valence-electron chi connectivity index (χ4n) is 1.61. The average Bonchev–Trinajstić information content (AvgIpc) is 2.88. The number of nitrogens with two attached hydrogens (primary N) is 1. The fraction of sp³-hybridized carbons (Fsp3) is 0.818. The first-order valence-electron chi connectivity index (χ1n) is 5.26. The van der Waals surface area contributed by atoms with Crippen LogP contribution < -0.4 is 5.73 Å². The first kappa shape index (κ1) is 9.97. The lowest BCUT2D eigenvalue weighted by Crippen LogP contribution is -2.42. The molecule has 0 aromatic rings. The van der Waals surface area contributed by atoms with E-state index >= 15 is 0 Å². The van der Waals surface area contributed by atoms with E-state index < -0.39 is 5.60 Å². The minimum atomic E-state index is -0.776. The van der Waals surface area contributed by atoms with Crippen LogP contribution in [0.15, 0.2) is 0 Å². The maximum absolute atomic E-state index is 10.1. The molecule has 2 aliphatic rings. The predicted octanol–water partition coefficient (Wildman–Crippen LogP) is -0.0622. The Balaban J connectivity index is 1.98. The Morgan fingerprint density at radius 2 is 1.71 bits per heavy atom. The molecule has 0 atom stereocenters. The number of hydrogen-bond acceptors (Lipinski definition) is 3. The SMILES string of the molecule is CN1CCC(O)(C#CC2(N)CC2)CC1. The molecule has 0 aromatic heterocycles. The number of piperidine rings is 1. The van der Waals surface area contributed by atoms with Crippen LogP contribution >= 0.6 is 0 Å². The minimum Gasteiger partial charge on any atom is -0.378 e. The fourth-order valence-corrected chi connectivity index (χ4v) is 1.61. The first-order valence-corrected chi connectivity index (χ1v) is 5.26. The molecule has 2 fully saturated rings. The van der Waals surface area contributed by atoms with Gasteiger partial charge in [0, 0.05) is 25.9 Å². The molecule has 0 bridgehead atoms. The summed E-state index contributed by atoms with van der Waals surface area (Å²) in [7, 11) is 2.07. The third kappa shape index (κ3) is 2.27. The van der Waals surface area contributed by atoms with E-state index in [0.717, 1.165) is 38.8 Å². The molecule has 0 aromatic carbocycles. The van der Waals surface area contributed by atoms with E-state index in [2.05, 4.69) is 23.8 Å². The van der Waals surface area contributed by atoms with E-state index in [-0.39, 0.29) is 5.54 Å². The van der Waals surface area contributed by atoms with Crippen molar-refractivity contribution < 1.29 is 5.11 Å². The summed E-state index contributed by atoms with van der Waals surface area (Å²) in [5, 5.41) is 10.1. The second-order valence-corrected chi connectivity index (χ2v) is 4.74. The maximum atomic E-state index is 10.1. The van der Waals surface area contributed by atoms with Gasteiger partial charge in [0.1, 0.15) is 5.60 Å². The van der Waals surface area contributed by atoms with Gasteiger partial charge in [0.15, 0.2) is 0 Å². The summed E-state index contributed by atoms with van der Waals surface area (Å²) in [6.45, 7) is 1.84. The molecule has 14 heavy (non-hydrogen) atoms. The molecule has 78 valence electrons. The van der Waals surface area contributed by atoms with Gasteiger partial charge in [0.2, 0.25) is 0 Å². The Bertz CT molecular complexity index is 277. The Hall–Kier alpha value is -0.560. The van der Waals surface area contributed by atoms with E-state index in [1.165, 1.54) is 0 Å². The van der Waals surface area contributed by atoms with Crippen molar-refractivity contribution in [3.05, 3.63) is 0 Å².